The minimum atomic E-state index is -1.54. The lowest BCUT2D eigenvalue weighted by Gasteiger charge is -2.07. The molecule has 0 amide bonds. The van der Waals surface area contributed by atoms with Crippen LogP contribution in [0.3, 0.4) is 0 Å². The average molecular weight is 232 g/mol. The Morgan fingerprint density at radius 2 is 2.25 bits per heavy atom. The van der Waals surface area contributed by atoms with Gasteiger partial charge in [0.05, 0.1) is 7.11 Å². The minimum Gasteiger partial charge on any atom is -0.494 e. The molecule has 0 saturated heterocycles. The van der Waals surface area contributed by atoms with Gasteiger partial charge in [-0.1, -0.05) is 0 Å². The molecule has 2 N–H and O–H groups in total. The molecule has 1 aromatic rings. The molecule has 0 saturated carbocycles. The van der Waals surface area contributed by atoms with E-state index in [1.165, 1.54) is 19.4 Å². The van der Waals surface area contributed by atoms with Crippen molar-refractivity contribution in [1.29, 1.82) is 0 Å². The van der Waals surface area contributed by atoms with E-state index in [0.717, 1.165) is 0 Å². The fourth-order valence-corrected chi connectivity index (χ4v) is 1.35. The fourth-order valence-electron chi connectivity index (χ4n) is 0.842. The lowest BCUT2D eigenvalue weighted by atomic mass is 9.80. The van der Waals surface area contributed by atoms with Crippen LogP contribution in [-0.4, -0.2) is 29.3 Å². The molecular formula is C6H7BBrNO3. The van der Waals surface area contributed by atoms with Crippen LogP contribution in [0, 0.1) is 0 Å². The number of hydrogen-bond acceptors (Lipinski definition) is 4. The molecule has 64 valence electrons. The summed E-state index contributed by atoms with van der Waals surface area (Å²) in [4.78, 5) is 3.86. The number of hydrogen-bond donors (Lipinski definition) is 2. The molecule has 0 spiro atoms. The van der Waals surface area contributed by atoms with Gasteiger partial charge in [-0.3, -0.25) is 0 Å². The number of rotatable bonds is 2. The summed E-state index contributed by atoms with van der Waals surface area (Å²) < 4.78 is 5.36. The van der Waals surface area contributed by atoms with Crippen LogP contribution in [0.1, 0.15) is 0 Å². The van der Waals surface area contributed by atoms with Gasteiger partial charge in [-0.15, -0.1) is 0 Å². The summed E-state index contributed by atoms with van der Waals surface area (Å²) in [5, 5.41) is 17.8. The molecule has 1 heterocycles. The van der Waals surface area contributed by atoms with Gasteiger partial charge in [-0.25, -0.2) is 4.98 Å². The van der Waals surface area contributed by atoms with E-state index in [0.29, 0.717) is 15.8 Å². The Morgan fingerprint density at radius 3 is 2.67 bits per heavy atom. The first-order valence-corrected chi connectivity index (χ1v) is 4.00. The quantitative estimate of drug-likeness (QED) is 0.534. The van der Waals surface area contributed by atoms with Gasteiger partial charge in [0.15, 0.2) is 5.75 Å². The zero-order valence-corrected chi connectivity index (χ0v) is 7.95. The van der Waals surface area contributed by atoms with Crippen LogP contribution < -0.4 is 10.2 Å². The third kappa shape index (κ3) is 1.77. The standard InChI is InChI=1S/C6H7BBrNO3/c1-12-5-4(7(10)11)2-3-9-6(5)8/h2-3,10-11H,1H3. The lowest BCUT2D eigenvalue weighted by Crippen LogP contribution is -2.31. The number of methoxy groups -OCH3 is 1. The summed E-state index contributed by atoms with van der Waals surface area (Å²) in [6, 6.07) is 1.48. The maximum atomic E-state index is 8.89. The van der Waals surface area contributed by atoms with Gasteiger partial charge in [0, 0.05) is 11.7 Å². The van der Waals surface area contributed by atoms with E-state index in [1.807, 2.05) is 0 Å². The second kappa shape index (κ2) is 3.89. The topological polar surface area (TPSA) is 62.6 Å². The van der Waals surface area contributed by atoms with Crippen molar-refractivity contribution in [1.82, 2.24) is 4.98 Å². The molecule has 0 bridgehead atoms. The van der Waals surface area contributed by atoms with Crippen molar-refractivity contribution in [3.8, 4) is 5.75 Å². The normalized spacial score (nSPS) is 9.67. The van der Waals surface area contributed by atoms with Gasteiger partial charge in [0.25, 0.3) is 0 Å². The van der Waals surface area contributed by atoms with Crippen molar-refractivity contribution in [3.63, 3.8) is 0 Å². The summed E-state index contributed by atoms with van der Waals surface area (Å²) in [7, 11) is -0.104. The Bertz CT molecular complexity index is 281. The van der Waals surface area contributed by atoms with E-state index in [-0.39, 0.29) is 0 Å². The van der Waals surface area contributed by atoms with Gasteiger partial charge in [-0.05, 0) is 22.0 Å². The van der Waals surface area contributed by atoms with Crippen LogP contribution in [0.15, 0.2) is 16.9 Å². The smallest absolute Gasteiger partial charge is 0.492 e. The Morgan fingerprint density at radius 1 is 1.58 bits per heavy atom. The number of pyridine rings is 1. The summed E-state index contributed by atoms with van der Waals surface area (Å²) in [5.74, 6) is 0.340. The molecule has 0 radical (unpaired) electrons. The molecule has 4 nitrogen and oxygen atoms in total. The molecule has 0 aromatic carbocycles. The maximum Gasteiger partial charge on any atom is 0.492 e. The SMILES string of the molecule is COc1c(B(O)O)ccnc1Br. The largest absolute Gasteiger partial charge is 0.494 e. The first kappa shape index (κ1) is 9.50. The summed E-state index contributed by atoms with van der Waals surface area (Å²) in [6.07, 6.45) is 1.46. The minimum absolute atomic E-state index is 0.291. The number of nitrogens with zero attached hydrogens (tertiary/aromatic N) is 1. The van der Waals surface area contributed by atoms with E-state index >= 15 is 0 Å². The van der Waals surface area contributed by atoms with Crippen LogP contribution in [0.5, 0.6) is 5.75 Å². The van der Waals surface area contributed by atoms with Crippen molar-refractivity contribution in [3.05, 3.63) is 16.9 Å². The molecule has 12 heavy (non-hydrogen) atoms. The predicted octanol–water partition coefficient (Wildman–Crippen LogP) is -0.468. The highest BCUT2D eigenvalue weighted by Gasteiger charge is 2.18. The van der Waals surface area contributed by atoms with Crippen molar-refractivity contribution < 1.29 is 14.8 Å². The van der Waals surface area contributed by atoms with Crippen molar-refractivity contribution >= 4 is 28.5 Å². The lowest BCUT2D eigenvalue weighted by molar-refractivity contribution is 0.399. The molecule has 0 aliphatic rings. The van der Waals surface area contributed by atoms with Crippen LogP contribution in [0.25, 0.3) is 0 Å². The van der Waals surface area contributed by atoms with Crippen LogP contribution in [0.2, 0.25) is 0 Å². The Hall–Kier alpha value is -0.585. The molecule has 0 atom stereocenters. The van der Waals surface area contributed by atoms with Gasteiger partial charge < -0.3 is 14.8 Å². The van der Waals surface area contributed by atoms with E-state index in [2.05, 4.69) is 20.9 Å². The van der Waals surface area contributed by atoms with Crippen molar-refractivity contribution in [2.75, 3.05) is 7.11 Å². The third-order valence-corrected chi connectivity index (χ3v) is 1.94. The molecule has 0 aliphatic carbocycles. The van der Waals surface area contributed by atoms with Gasteiger partial charge >= 0.3 is 7.12 Å². The molecule has 1 aromatic heterocycles. The fraction of sp³-hybridized carbons (Fsp3) is 0.167. The molecule has 1 rings (SSSR count). The highest BCUT2D eigenvalue weighted by Crippen LogP contribution is 2.18. The van der Waals surface area contributed by atoms with Crippen molar-refractivity contribution in [2.45, 2.75) is 0 Å². The highest BCUT2D eigenvalue weighted by atomic mass is 79.9. The van der Waals surface area contributed by atoms with Gasteiger partial charge in [0.2, 0.25) is 0 Å². The number of ether oxygens (including phenoxy) is 1. The Kier molecular flexibility index (Phi) is 3.08. The number of halogens is 1. The third-order valence-electron chi connectivity index (χ3n) is 1.37. The first-order valence-electron chi connectivity index (χ1n) is 3.21. The van der Waals surface area contributed by atoms with Crippen LogP contribution in [-0.2, 0) is 0 Å². The Balaban J connectivity index is 3.18. The van der Waals surface area contributed by atoms with E-state index in [4.69, 9.17) is 14.8 Å². The Labute approximate surface area is 78.5 Å². The molecule has 0 unspecified atom stereocenters. The monoisotopic (exact) mass is 231 g/mol. The molecule has 0 aliphatic heterocycles. The second-order valence-corrected chi connectivity index (χ2v) is 2.85. The summed E-state index contributed by atoms with van der Waals surface area (Å²) in [5.41, 5.74) is 0.291. The molecule has 0 fully saturated rings. The van der Waals surface area contributed by atoms with Crippen LogP contribution >= 0.6 is 15.9 Å². The second-order valence-electron chi connectivity index (χ2n) is 2.10. The summed E-state index contributed by atoms with van der Waals surface area (Å²) in [6.45, 7) is 0. The highest BCUT2D eigenvalue weighted by molar-refractivity contribution is 9.10. The van der Waals surface area contributed by atoms with E-state index < -0.39 is 7.12 Å². The zero-order chi connectivity index (χ0) is 9.14. The zero-order valence-electron chi connectivity index (χ0n) is 6.36. The predicted molar refractivity (Wildman–Crippen MR) is 48.3 cm³/mol. The van der Waals surface area contributed by atoms with Gasteiger partial charge in [0.1, 0.15) is 4.60 Å². The average Bonchev–Trinajstić information content (AvgIpc) is 2.03. The van der Waals surface area contributed by atoms with Crippen LogP contribution in [0.4, 0.5) is 0 Å². The van der Waals surface area contributed by atoms with Gasteiger partial charge in [-0.2, -0.15) is 0 Å². The maximum absolute atomic E-state index is 8.89. The molecule has 6 heteroatoms. The van der Waals surface area contributed by atoms with E-state index in [9.17, 15) is 0 Å². The number of aromatic nitrogens is 1. The van der Waals surface area contributed by atoms with E-state index in [1.54, 1.807) is 0 Å². The first-order chi connectivity index (χ1) is 5.66. The molecular weight excluding hydrogens is 225 g/mol. The van der Waals surface area contributed by atoms with Crippen molar-refractivity contribution in [2.24, 2.45) is 0 Å². The summed E-state index contributed by atoms with van der Waals surface area (Å²) >= 11 is 3.12.